The van der Waals surface area contributed by atoms with E-state index in [-0.39, 0.29) is 11.9 Å². The predicted molar refractivity (Wildman–Crippen MR) is 96.9 cm³/mol. The minimum Gasteiger partial charge on any atom is -0.490 e. The van der Waals surface area contributed by atoms with Gasteiger partial charge < -0.3 is 4.74 Å². The van der Waals surface area contributed by atoms with Crippen LogP contribution in [0.15, 0.2) is 36.5 Å². The molecule has 0 unspecified atom stereocenters. The highest BCUT2D eigenvalue weighted by Gasteiger charge is 2.32. The number of halogens is 1. The third kappa shape index (κ3) is 2.85. The monoisotopic (exact) mass is 351 g/mol. The number of hydrogen-bond acceptors (Lipinski definition) is 3. The van der Waals surface area contributed by atoms with Gasteiger partial charge in [-0.15, -0.1) is 10.2 Å². The highest BCUT2D eigenvalue weighted by molar-refractivity contribution is 5.54. The van der Waals surface area contributed by atoms with Crippen LogP contribution in [0.1, 0.15) is 48.6 Å². The van der Waals surface area contributed by atoms with Crippen molar-refractivity contribution in [2.75, 3.05) is 0 Å². The zero-order valence-electron chi connectivity index (χ0n) is 14.9. The first-order valence-corrected chi connectivity index (χ1v) is 9.42. The summed E-state index contributed by atoms with van der Waals surface area (Å²) < 4.78 is 21.4. The number of rotatable bonds is 5. The summed E-state index contributed by atoms with van der Waals surface area (Å²) in [5, 5.41) is 8.76. The molecule has 2 aliphatic rings. The molecule has 134 valence electrons. The first kappa shape index (κ1) is 15.8. The molecule has 2 saturated carbocycles. The molecule has 0 radical (unpaired) electrons. The molecule has 2 heterocycles. The summed E-state index contributed by atoms with van der Waals surface area (Å²) in [4.78, 5) is 0. The summed E-state index contributed by atoms with van der Waals surface area (Å²) in [7, 11) is 0. The van der Waals surface area contributed by atoms with Crippen LogP contribution in [0.4, 0.5) is 4.39 Å². The lowest BCUT2D eigenvalue weighted by atomic mass is 9.77. The highest BCUT2D eigenvalue weighted by atomic mass is 19.1. The van der Waals surface area contributed by atoms with Crippen molar-refractivity contribution >= 4 is 5.65 Å². The van der Waals surface area contributed by atoms with Gasteiger partial charge in [0, 0.05) is 18.2 Å². The summed E-state index contributed by atoms with van der Waals surface area (Å²) >= 11 is 0. The van der Waals surface area contributed by atoms with Crippen molar-refractivity contribution in [1.82, 2.24) is 14.6 Å². The van der Waals surface area contributed by atoms with E-state index < -0.39 is 0 Å². The number of ether oxygens (including phenoxy) is 1. The zero-order chi connectivity index (χ0) is 17.7. The molecule has 4 nitrogen and oxygen atoms in total. The first-order chi connectivity index (χ1) is 12.7. The average Bonchev–Trinajstić information content (AvgIpc) is 3.32. The Kier molecular flexibility index (Phi) is 3.69. The fourth-order valence-corrected chi connectivity index (χ4v) is 3.81. The Morgan fingerprint density at radius 2 is 1.88 bits per heavy atom. The van der Waals surface area contributed by atoms with Crippen molar-refractivity contribution in [2.24, 2.45) is 5.92 Å². The summed E-state index contributed by atoms with van der Waals surface area (Å²) in [5.74, 6) is 3.02. The summed E-state index contributed by atoms with van der Waals surface area (Å²) in [6.45, 7) is 2.05. The van der Waals surface area contributed by atoms with Gasteiger partial charge in [0.05, 0.1) is 6.10 Å². The normalized spacial score (nSPS) is 22.4. The molecule has 5 heteroatoms. The molecule has 2 aliphatic carbocycles. The topological polar surface area (TPSA) is 39.4 Å². The molecule has 0 N–H and O–H groups in total. The first-order valence-electron chi connectivity index (χ1n) is 9.42. The predicted octanol–water partition coefficient (Wildman–Crippen LogP) is 4.45. The molecule has 0 spiro atoms. The van der Waals surface area contributed by atoms with E-state index in [0.717, 1.165) is 48.0 Å². The van der Waals surface area contributed by atoms with Gasteiger partial charge in [-0.3, -0.25) is 4.40 Å². The Balaban J connectivity index is 1.28. The summed E-state index contributed by atoms with van der Waals surface area (Å²) in [5.41, 5.74) is 3.14. The molecule has 0 aliphatic heterocycles. The van der Waals surface area contributed by atoms with Gasteiger partial charge in [0.15, 0.2) is 5.65 Å². The van der Waals surface area contributed by atoms with Crippen LogP contribution in [0.25, 0.3) is 5.65 Å². The van der Waals surface area contributed by atoms with E-state index in [1.54, 1.807) is 0 Å². The number of nitrogens with zero attached hydrogens (tertiary/aromatic N) is 3. The summed E-state index contributed by atoms with van der Waals surface area (Å²) in [6, 6.07) is 8.86. The van der Waals surface area contributed by atoms with E-state index in [9.17, 15) is 4.39 Å². The SMILES string of the molecule is Cc1c(O[C@H]2C[C@H](c3ccc(F)cc3)C2)ccn2c(CC3CC3)nnc12. The Morgan fingerprint density at radius 3 is 2.62 bits per heavy atom. The lowest BCUT2D eigenvalue weighted by Gasteiger charge is -2.36. The minimum absolute atomic E-state index is 0.181. The quantitative estimate of drug-likeness (QED) is 0.681. The maximum atomic E-state index is 13.0. The average molecular weight is 351 g/mol. The smallest absolute Gasteiger partial charge is 0.167 e. The molecule has 0 bridgehead atoms. The van der Waals surface area contributed by atoms with Crippen LogP contribution in [0.2, 0.25) is 0 Å². The van der Waals surface area contributed by atoms with Crippen LogP contribution in [0, 0.1) is 18.7 Å². The Hall–Kier alpha value is -2.43. The molecule has 3 aromatic rings. The molecule has 5 rings (SSSR count). The van der Waals surface area contributed by atoms with Crippen molar-refractivity contribution in [2.45, 2.75) is 51.0 Å². The van der Waals surface area contributed by atoms with Gasteiger partial charge in [0.25, 0.3) is 0 Å². The standard InChI is InChI=1S/C21H22FN3O/c1-13-19(8-9-25-20(10-14-2-3-14)23-24-21(13)25)26-18-11-16(12-18)15-4-6-17(22)7-5-15/h4-9,14,16,18H,2-3,10-12H2,1H3/t16-,18-. The van der Waals surface area contributed by atoms with Gasteiger partial charge in [-0.25, -0.2) is 4.39 Å². The largest absolute Gasteiger partial charge is 0.490 e. The van der Waals surface area contributed by atoms with Crippen molar-refractivity contribution in [3.63, 3.8) is 0 Å². The Bertz CT molecular complexity index is 940. The molecule has 0 atom stereocenters. The number of pyridine rings is 1. The van der Waals surface area contributed by atoms with Gasteiger partial charge in [0.2, 0.25) is 0 Å². The van der Waals surface area contributed by atoms with Crippen LogP contribution in [-0.2, 0) is 6.42 Å². The van der Waals surface area contributed by atoms with Gasteiger partial charge in [-0.05, 0) is 68.2 Å². The molecule has 2 fully saturated rings. The van der Waals surface area contributed by atoms with E-state index in [2.05, 4.69) is 21.5 Å². The molecule has 2 aromatic heterocycles. The maximum Gasteiger partial charge on any atom is 0.167 e. The zero-order valence-corrected chi connectivity index (χ0v) is 14.9. The van der Waals surface area contributed by atoms with Gasteiger partial charge >= 0.3 is 0 Å². The fraction of sp³-hybridized carbons (Fsp3) is 0.429. The van der Waals surface area contributed by atoms with Crippen molar-refractivity contribution in [3.05, 3.63) is 59.3 Å². The molecular formula is C21H22FN3O. The number of benzene rings is 1. The maximum absolute atomic E-state index is 13.0. The lowest BCUT2D eigenvalue weighted by molar-refractivity contribution is 0.0978. The van der Waals surface area contributed by atoms with Crippen molar-refractivity contribution < 1.29 is 9.13 Å². The highest BCUT2D eigenvalue weighted by Crippen LogP contribution is 2.40. The van der Waals surface area contributed by atoms with Crippen molar-refractivity contribution in [1.29, 1.82) is 0 Å². The van der Waals surface area contributed by atoms with E-state index >= 15 is 0 Å². The van der Waals surface area contributed by atoms with E-state index in [1.165, 1.54) is 30.5 Å². The lowest BCUT2D eigenvalue weighted by Crippen LogP contribution is -2.32. The Labute approximate surface area is 152 Å². The fourth-order valence-electron chi connectivity index (χ4n) is 3.81. The summed E-state index contributed by atoms with van der Waals surface area (Å²) in [6.07, 6.45) is 7.82. The number of aryl methyl sites for hydroxylation is 1. The molecule has 0 saturated heterocycles. The van der Waals surface area contributed by atoms with E-state index in [4.69, 9.17) is 4.74 Å². The number of fused-ring (bicyclic) bond motifs is 1. The third-order valence-electron chi connectivity index (χ3n) is 5.74. The van der Waals surface area contributed by atoms with Crippen LogP contribution in [0.5, 0.6) is 5.75 Å². The second kappa shape index (κ2) is 6.08. The van der Waals surface area contributed by atoms with Gasteiger partial charge in [0.1, 0.15) is 17.4 Å². The van der Waals surface area contributed by atoms with Crippen LogP contribution < -0.4 is 4.74 Å². The molecular weight excluding hydrogens is 329 g/mol. The van der Waals surface area contributed by atoms with Gasteiger partial charge in [-0.1, -0.05) is 12.1 Å². The minimum atomic E-state index is -0.181. The van der Waals surface area contributed by atoms with Crippen LogP contribution >= 0.6 is 0 Å². The number of hydrogen-bond donors (Lipinski definition) is 0. The van der Waals surface area contributed by atoms with Crippen LogP contribution in [-0.4, -0.2) is 20.7 Å². The second-order valence-corrected chi connectivity index (χ2v) is 7.72. The molecule has 1 aromatic carbocycles. The van der Waals surface area contributed by atoms with E-state index in [1.807, 2.05) is 24.4 Å². The second-order valence-electron chi connectivity index (χ2n) is 7.72. The van der Waals surface area contributed by atoms with Crippen molar-refractivity contribution in [3.8, 4) is 5.75 Å². The Morgan fingerprint density at radius 1 is 1.12 bits per heavy atom. The van der Waals surface area contributed by atoms with E-state index in [0.29, 0.717) is 5.92 Å². The number of aromatic nitrogens is 3. The molecule has 0 amide bonds. The molecule has 26 heavy (non-hydrogen) atoms. The third-order valence-corrected chi connectivity index (χ3v) is 5.74. The van der Waals surface area contributed by atoms with Crippen LogP contribution in [0.3, 0.4) is 0 Å². The van der Waals surface area contributed by atoms with Gasteiger partial charge in [-0.2, -0.15) is 0 Å².